The second-order valence-corrected chi connectivity index (χ2v) is 4.94. The molecule has 0 aliphatic heterocycles. The number of nitrogens with two attached hydrogens (primary N) is 1. The van der Waals surface area contributed by atoms with Crippen molar-refractivity contribution in [2.45, 2.75) is 38.6 Å². The lowest BCUT2D eigenvalue weighted by atomic mass is 10.2. The minimum atomic E-state index is 0.169. The van der Waals surface area contributed by atoms with Gasteiger partial charge >= 0.3 is 0 Å². The van der Waals surface area contributed by atoms with Gasteiger partial charge in [-0.1, -0.05) is 6.07 Å². The Bertz CT molecular complexity index is 427. The van der Waals surface area contributed by atoms with Crippen molar-refractivity contribution < 1.29 is 4.79 Å². The van der Waals surface area contributed by atoms with Crippen LogP contribution in [0.1, 0.15) is 31.2 Å². The van der Waals surface area contributed by atoms with Gasteiger partial charge in [-0.15, -0.1) is 0 Å². The van der Waals surface area contributed by atoms with Crippen molar-refractivity contribution in [1.29, 1.82) is 0 Å². The van der Waals surface area contributed by atoms with Gasteiger partial charge < -0.3 is 16.4 Å². The van der Waals surface area contributed by atoms with E-state index in [9.17, 15) is 4.79 Å². The first-order valence-electron chi connectivity index (χ1n) is 6.54. The van der Waals surface area contributed by atoms with E-state index in [-0.39, 0.29) is 5.91 Å². The molecule has 1 aromatic carbocycles. The zero-order valence-corrected chi connectivity index (χ0v) is 10.8. The maximum absolute atomic E-state index is 11.4. The molecule has 1 saturated carbocycles. The molecule has 0 spiro atoms. The maximum atomic E-state index is 11.4. The number of anilines is 2. The van der Waals surface area contributed by atoms with Crippen molar-refractivity contribution in [3.63, 3.8) is 0 Å². The molecule has 0 heterocycles. The van der Waals surface area contributed by atoms with E-state index in [1.807, 2.05) is 25.1 Å². The van der Waals surface area contributed by atoms with Crippen LogP contribution in [-0.4, -0.2) is 18.5 Å². The molecule has 1 aliphatic rings. The largest absolute Gasteiger partial charge is 0.398 e. The van der Waals surface area contributed by atoms with E-state index in [1.54, 1.807) is 0 Å². The number of nitrogens with one attached hydrogen (secondary N) is 2. The third-order valence-corrected chi connectivity index (χ3v) is 3.13. The number of carbonyl (C=O) groups excluding carboxylic acids is 1. The Kier molecular flexibility index (Phi) is 4.07. The summed E-state index contributed by atoms with van der Waals surface area (Å²) in [4.78, 5) is 11.4. The molecule has 0 unspecified atom stereocenters. The molecule has 4 nitrogen and oxygen atoms in total. The van der Waals surface area contributed by atoms with Crippen LogP contribution in [0.2, 0.25) is 0 Å². The Morgan fingerprint density at radius 1 is 1.44 bits per heavy atom. The zero-order chi connectivity index (χ0) is 13.0. The molecule has 1 aromatic rings. The molecule has 98 valence electrons. The van der Waals surface area contributed by atoms with Crippen LogP contribution in [0, 0.1) is 6.92 Å². The van der Waals surface area contributed by atoms with Crippen LogP contribution in [0.3, 0.4) is 0 Å². The summed E-state index contributed by atoms with van der Waals surface area (Å²) in [5.41, 5.74) is 8.73. The number of benzene rings is 1. The normalized spacial score (nSPS) is 14.3. The maximum Gasteiger partial charge on any atom is 0.220 e. The van der Waals surface area contributed by atoms with Gasteiger partial charge in [-0.3, -0.25) is 4.79 Å². The van der Waals surface area contributed by atoms with Gasteiger partial charge in [0.05, 0.1) is 0 Å². The molecule has 0 saturated heterocycles. The summed E-state index contributed by atoms with van der Waals surface area (Å²) in [6.07, 6.45) is 3.72. The second kappa shape index (κ2) is 5.76. The van der Waals surface area contributed by atoms with Gasteiger partial charge in [0.15, 0.2) is 0 Å². The number of rotatable bonds is 6. The van der Waals surface area contributed by atoms with Crippen LogP contribution < -0.4 is 16.4 Å². The molecular weight excluding hydrogens is 226 g/mol. The predicted octanol–water partition coefficient (Wildman–Crippen LogP) is 2.05. The number of hydrogen-bond acceptors (Lipinski definition) is 3. The van der Waals surface area contributed by atoms with Crippen molar-refractivity contribution in [3.8, 4) is 0 Å². The Morgan fingerprint density at radius 2 is 2.22 bits per heavy atom. The van der Waals surface area contributed by atoms with Crippen molar-refractivity contribution in [3.05, 3.63) is 23.8 Å². The molecule has 1 aliphatic carbocycles. The predicted molar refractivity (Wildman–Crippen MR) is 74.5 cm³/mol. The molecule has 18 heavy (non-hydrogen) atoms. The summed E-state index contributed by atoms with van der Waals surface area (Å²) in [6.45, 7) is 2.78. The third-order valence-electron chi connectivity index (χ3n) is 3.13. The van der Waals surface area contributed by atoms with Crippen LogP contribution in [0.4, 0.5) is 11.4 Å². The van der Waals surface area contributed by atoms with E-state index < -0.39 is 0 Å². The highest BCUT2D eigenvalue weighted by Gasteiger charge is 2.22. The van der Waals surface area contributed by atoms with Gasteiger partial charge in [-0.25, -0.2) is 0 Å². The van der Waals surface area contributed by atoms with E-state index >= 15 is 0 Å². The first-order valence-corrected chi connectivity index (χ1v) is 6.54. The summed E-state index contributed by atoms with van der Waals surface area (Å²) in [7, 11) is 0. The Morgan fingerprint density at radius 3 is 2.89 bits per heavy atom. The van der Waals surface area contributed by atoms with Crippen molar-refractivity contribution >= 4 is 17.3 Å². The van der Waals surface area contributed by atoms with Crippen molar-refractivity contribution in [2.75, 3.05) is 17.6 Å². The topological polar surface area (TPSA) is 67.2 Å². The first-order chi connectivity index (χ1) is 8.65. The van der Waals surface area contributed by atoms with E-state index in [1.165, 1.54) is 0 Å². The lowest BCUT2D eigenvalue weighted by Gasteiger charge is -2.08. The SMILES string of the molecule is Cc1ccc(NCCCC(=O)NC2CC2)cc1N. The van der Waals surface area contributed by atoms with Crippen LogP contribution in [0.5, 0.6) is 0 Å². The van der Waals surface area contributed by atoms with Gasteiger partial charge in [0.2, 0.25) is 5.91 Å². The van der Waals surface area contributed by atoms with Crippen molar-refractivity contribution in [1.82, 2.24) is 5.32 Å². The van der Waals surface area contributed by atoms with Gasteiger partial charge in [-0.2, -0.15) is 0 Å². The van der Waals surface area contributed by atoms with Crippen LogP contribution in [0.25, 0.3) is 0 Å². The molecule has 1 fully saturated rings. The molecule has 0 aromatic heterocycles. The standard InChI is InChI=1S/C14H21N3O/c1-10-4-5-12(9-13(10)15)16-8-2-3-14(18)17-11-6-7-11/h4-5,9,11,16H,2-3,6-8,15H2,1H3,(H,17,18). The molecule has 0 atom stereocenters. The summed E-state index contributed by atoms with van der Waals surface area (Å²) in [5, 5.41) is 6.26. The van der Waals surface area contributed by atoms with Crippen LogP contribution in [0.15, 0.2) is 18.2 Å². The van der Waals surface area contributed by atoms with E-state index in [4.69, 9.17) is 5.73 Å². The number of nitrogen functional groups attached to an aromatic ring is 1. The number of hydrogen-bond donors (Lipinski definition) is 3. The lowest BCUT2D eigenvalue weighted by molar-refractivity contribution is -0.121. The summed E-state index contributed by atoms with van der Waals surface area (Å²) in [5.74, 6) is 0.169. The molecule has 1 amide bonds. The monoisotopic (exact) mass is 247 g/mol. The fourth-order valence-corrected chi connectivity index (χ4v) is 1.76. The summed E-state index contributed by atoms with van der Waals surface area (Å²) >= 11 is 0. The minimum absolute atomic E-state index is 0.169. The van der Waals surface area contributed by atoms with Gasteiger partial charge in [0, 0.05) is 30.4 Å². The fourth-order valence-electron chi connectivity index (χ4n) is 1.76. The van der Waals surface area contributed by atoms with Gasteiger partial charge in [0.1, 0.15) is 0 Å². The molecule has 4 N–H and O–H groups in total. The number of carbonyl (C=O) groups is 1. The highest BCUT2D eigenvalue weighted by Crippen LogP contribution is 2.19. The van der Waals surface area contributed by atoms with E-state index in [0.717, 1.165) is 42.7 Å². The first kappa shape index (κ1) is 12.7. The van der Waals surface area contributed by atoms with Crippen LogP contribution in [-0.2, 0) is 4.79 Å². The van der Waals surface area contributed by atoms with Gasteiger partial charge in [0.25, 0.3) is 0 Å². The summed E-state index contributed by atoms with van der Waals surface area (Å²) < 4.78 is 0. The lowest BCUT2D eigenvalue weighted by Crippen LogP contribution is -2.25. The second-order valence-electron chi connectivity index (χ2n) is 4.94. The molecule has 0 bridgehead atoms. The molecular formula is C14H21N3O. The Labute approximate surface area is 108 Å². The number of amides is 1. The minimum Gasteiger partial charge on any atom is -0.398 e. The highest BCUT2D eigenvalue weighted by atomic mass is 16.1. The summed E-state index contributed by atoms with van der Waals surface area (Å²) in [6, 6.07) is 6.40. The third kappa shape index (κ3) is 3.95. The van der Waals surface area contributed by atoms with Crippen LogP contribution >= 0.6 is 0 Å². The quantitative estimate of drug-likeness (QED) is 0.532. The molecule has 4 heteroatoms. The molecule has 0 radical (unpaired) electrons. The smallest absolute Gasteiger partial charge is 0.220 e. The van der Waals surface area contributed by atoms with E-state index in [2.05, 4.69) is 10.6 Å². The average Bonchev–Trinajstić information content (AvgIpc) is 3.13. The van der Waals surface area contributed by atoms with Gasteiger partial charge in [-0.05, 0) is 43.9 Å². The number of aryl methyl sites for hydroxylation is 1. The van der Waals surface area contributed by atoms with E-state index in [0.29, 0.717) is 12.5 Å². The van der Waals surface area contributed by atoms with Crippen molar-refractivity contribution in [2.24, 2.45) is 0 Å². The highest BCUT2D eigenvalue weighted by molar-refractivity contribution is 5.76. The Hall–Kier alpha value is -1.71. The fraction of sp³-hybridized carbons (Fsp3) is 0.500. The zero-order valence-electron chi connectivity index (χ0n) is 10.8. The average molecular weight is 247 g/mol. The Balaban J connectivity index is 1.64. The molecule has 2 rings (SSSR count).